The minimum atomic E-state index is -0.983. The van der Waals surface area contributed by atoms with Crippen molar-refractivity contribution in [3.05, 3.63) is 58.3 Å². The first-order chi connectivity index (χ1) is 16.2. The Morgan fingerprint density at radius 2 is 1.97 bits per heavy atom. The zero-order valence-electron chi connectivity index (χ0n) is 20.1. The summed E-state index contributed by atoms with van der Waals surface area (Å²) in [5.74, 6) is 0.224. The number of furan rings is 1. The highest BCUT2D eigenvalue weighted by atomic mass is 35.5. The van der Waals surface area contributed by atoms with Gasteiger partial charge in [-0.25, -0.2) is 4.79 Å². The van der Waals surface area contributed by atoms with Crippen LogP contribution in [0.15, 0.2) is 46.4 Å². The average Bonchev–Trinajstić information content (AvgIpc) is 3.27. The van der Waals surface area contributed by atoms with E-state index in [1.807, 2.05) is 51.1 Å². The van der Waals surface area contributed by atoms with Crippen molar-refractivity contribution in [2.75, 3.05) is 0 Å². The number of aryl methyl sites for hydroxylation is 1. The molecular formula is C26H33ClN2O5. The van der Waals surface area contributed by atoms with Crippen LogP contribution in [-0.2, 0) is 20.9 Å². The summed E-state index contributed by atoms with van der Waals surface area (Å²) in [6.07, 6.45) is 2.90. The van der Waals surface area contributed by atoms with Gasteiger partial charge in [0.15, 0.2) is 0 Å². The minimum absolute atomic E-state index is 0.0279. The first kappa shape index (κ1) is 26.0. The number of carbonyl (C=O) groups excluding carboxylic acids is 1. The van der Waals surface area contributed by atoms with Crippen LogP contribution < -0.4 is 10.6 Å². The van der Waals surface area contributed by atoms with Crippen LogP contribution in [0.3, 0.4) is 0 Å². The molecule has 0 unspecified atom stereocenters. The topological polar surface area (TPSA) is 101 Å². The summed E-state index contributed by atoms with van der Waals surface area (Å²) in [6, 6.07) is 8.66. The zero-order chi connectivity index (χ0) is 24.8. The van der Waals surface area contributed by atoms with Crippen LogP contribution in [0.2, 0.25) is 5.02 Å². The van der Waals surface area contributed by atoms with Gasteiger partial charge in [-0.1, -0.05) is 31.5 Å². The van der Waals surface area contributed by atoms with Gasteiger partial charge in [-0.15, -0.1) is 0 Å². The van der Waals surface area contributed by atoms with Crippen LogP contribution in [0.4, 0.5) is 0 Å². The van der Waals surface area contributed by atoms with E-state index < -0.39 is 18.1 Å². The van der Waals surface area contributed by atoms with Crippen molar-refractivity contribution >= 4 is 23.5 Å². The molecule has 34 heavy (non-hydrogen) atoms. The van der Waals surface area contributed by atoms with E-state index in [9.17, 15) is 14.7 Å². The third-order valence-electron chi connectivity index (χ3n) is 6.16. The highest BCUT2D eigenvalue weighted by molar-refractivity contribution is 6.30. The maximum Gasteiger partial charge on any atom is 0.331 e. The molecule has 2 aromatic rings. The summed E-state index contributed by atoms with van der Waals surface area (Å²) in [6.45, 7) is 7.86. The Morgan fingerprint density at radius 3 is 2.62 bits per heavy atom. The second kappa shape index (κ2) is 11.7. The maximum atomic E-state index is 12.0. The fourth-order valence-electron chi connectivity index (χ4n) is 4.27. The number of hydrogen-bond donors (Lipinski definition) is 3. The second-order valence-electron chi connectivity index (χ2n) is 8.68. The number of rotatable bonds is 10. The first-order valence-electron chi connectivity index (χ1n) is 11.7. The van der Waals surface area contributed by atoms with Crippen molar-refractivity contribution in [2.24, 2.45) is 0 Å². The third-order valence-corrected chi connectivity index (χ3v) is 6.40. The molecule has 0 saturated heterocycles. The molecule has 0 fully saturated rings. The van der Waals surface area contributed by atoms with Crippen LogP contribution in [0, 0.1) is 6.92 Å². The minimum Gasteiger partial charge on any atom is -0.478 e. The number of halogens is 1. The Morgan fingerprint density at radius 1 is 1.24 bits per heavy atom. The average molecular weight is 489 g/mol. The highest BCUT2D eigenvalue weighted by Gasteiger charge is 2.37. The van der Waals surface area contributed by atoms with Gasteiger partial charge in [0.25, 0.3) is 0 Å². The molecule has 0 spiro atoms. The van der Waals surface area contributed by atoms with Gasteiger partial charge in [0, 0.05) is 29.1 Å². The predicted molar refractivity (Wildman–Crippen MR) is 132 cm³/mol. The van der Waals surface area contributed by atoms with Crippen LogP contribution in [0.25, 0.3) is 11.3 Å². The summed E-state index contributed by atoms with van der Waals surface area (Å²) >= 11 is 6.15. The van der Waals surface area contributed by atoms with E-state index in [-0.39, 0.29) is 30.0 Å². The van der Waals surface area contributed by atoms with Gasteiger partial charge in [0.2, 0.25) is 5.91 Å². The number of nitrogens with one attached hydrogen (secondary N) is 2. The monoisotopic (exact) mass is 488 g/mol. The van der Waals surface area contributed by atoms with E-state index >= 15 is 0 Å². The number of benzene rings is 1. The van der Waals surface area contributed by atoms with Crippen LogP contribution in [-0.4, -0.2) is 41.3 Å². The Kier molecular flexibility index (Phi) is 8.94. The molecule has 3 N–H and O–H groups in total. The molecule has 0 aliphatic heterocycles. The lowest BCUT2D eigenvalue weighted by atomic mass is 9.87. The van der Waals surface area contributed by atoms with E-state index in [2.05, 4.69) is 10.6 Å². The predicted octanol–water partition coefficient (Wildman–Crippen LogP) is 4.86. The van der Waals surface area contributed by atoms with Crippen LogP contribution >= 0.6 is 11.6 Å². The van der Waals surface area contributed by atoms with E-state index in [1.165, 1.54) is 6.92 Å². The van der Waals surface area contributed by atoms with Crippen molar-refractivity contribution in [3.8, 4) is 11.3 Å². The smallest absolute Gasteiger partial charge is 0.331 e. The van der Waals surface area contributed by atoms with Crippen molar-refractivity contribution in [2.45, 2.75) is 77.8 Å². The Bertz CT molecular complexity index is 1040. The molecule has 1 aromatic heterocycles. The van der Waals surface area contributed by atoms with Gasteiger partial charge >= 0.3 is 5.97 Å². The molecule has 1 amide bonds. The first-order valence-corrected chi connectivity index (χ1v) is 12.0. The molecule has 1 heterocycles. The lowest BCUT2D eigenvalue weighted by Crippen LogP contribution is -2.58. The second-order valence-corrected chi connectivity index (χ2v) is 9.12. The van der Waals surface area contributed by atoms with E-state index in [0.717, 1.165) is 24.0 Å². The number of carboxylic acids is 1. The Balaban J connectivity index is 1.80. The highest BCUT2D eigenvalue weighted by Crippen LogP contribution is 2.29. The van der Waals surface area contributed by atoms with E-state index in [1.54, 1.807) is 6.08 Å². The number of carbonyl (C=O) groups is 2. The summed E-state index contributed by atoms with van der Waals surface area (Å²) < 4.78 is 12.3. The standard InChI is InChI=1S/C26H33ClN2O5/c1-5-19(6-2)33-24-12-17(26(31)32)11-22(25(24)29-16(4)30)28-14-20-9-10-23(34-20)21-13-18(27)8-7-15(21)3/h7-10,12-13,19,22,24-25,28H,5-6,11,14H2,1-4H3,(H,29,30)(H,31,32)/t22-,24+,25+/m0/s1. The molecule has 1 aromatic carbocycles. The molecule has 184 valence electrons. The lowest BCUT2D eigenvalue weighted by molar-refractivity contribution is -0.133. The molecule has 8 heteroatoms. The third kappa shape index (κ3) is 6.50. The van der Waals surface area contributed by atoms with Crippen LogP contribution in [0.1, 0.15) is 51.4 Å². The Hall–Kier alpha value is -2.61. The molecule has 7 nitrogen and oxygen atoms in total. The van der Waals surface area contributed by atoms with Crippen molar-refractivity contribution in [1.29, 1.82) is 0 Å². The Labute approximate surface area is 205 Å². The van der Waals surface area contributed by atoms with Crippen molar-refractivity contribution < 1.29 is 23.8 Å². The molecule has 3 rings (SSSR count). The van der Waals surface area contributed by atoms with Gasteiger partial charge < -0.3 is 24.9 Å². The van der Waals surface area contributed by atoms with E-state index in [4.69, 9.17) is 20.8 Å². The van der Waals surface area contributed by atoms with Gasteiger partial charge in [-0.3, -0.25) is 4.79 Å². The molecule has 0 bridgehead atoms. The largest absolute Gasteiger partial charge is 0.478 e. The van der Waals surface area contributed by atoms with Gasteiger partial charge in [0.1, 0.15) is 11.5 Å². The number of amides is 1. The van der Waals surface area contributed by atoms with E-state index in [0.29, 0.717) is 23.1 Å². The molecular weight excluding hydrogens is 456 g/mol. The molecule has 3 atom stereocenters. The fourth-order valence-corrected chi connectivity index (χ4v) is 4.45. The van der Waals surface area contributed by atoms with Crippen LogP contribution in [0.5, 0.6) is 0 Å². The number of carboxylic acid groups (broad SMARTS) is 1. The quantitative estimate of drug-likeness (QED) is 0.441. The van der Waals surface area contributed by atoms with Gasteiger partial charge in [-0.2, -0.15) is 0 Å². The molecule has 0 saturated carbocycles. The number of hydrogen-bond acceptors (Lipinski definition) is 5. The zero-order valence-corrected chi connectivity index (χ0v) is 20.8. The number of aliphatic carboxylic acids is 1. The summed E-state index contributed by atoms with van der Waals surface area (Å²) in [5, 5.41) is 16.7. The fraction of sp³-hybridized carbons (Fsp3) is 0.462. The summed E-state index contributed by atoms with van der Waals surface area (Å²) in [7, 11) is 0. The van der Waals surface area contributed by atoms with Crippen molar-refractivity contribution in [3.63, 3.8) is 0 Å². The number of ether oxygens (including phenoxy) is 1. The summed E-state index contributed by atoms with van der Waals surface area (Å²) in [4.78, 5) is 23.8. The van der Waals surface area contributed by atoms with Gasteiger partial charge in [0.05, 0.1) is 24.8 Å². The molecule has 0 radical (unpaired) electrons. The van der Waals surface area contributed by atoms with Gasteiger partial charge in [-0.05, 0) is 62.1 Å². The summed E-state index contributed by atoms with van der Waals surface area (Å²) in [5.41, 5.74) is 2.24. The SMILES string of the molecule is CCC(CC)O[C@@H]1C=C(C(=O)O)C[C@H](NCc2ccc(-c3cc(Cl)ccc3C)o2)[C@H]1NC(C)=O. The normalized spacial score (nSPS) is 20.3. The molecule has 1 aliphatic rings. The lowest BCUT2D eigenvalue weighted by Gasteiger charge is -2.38. The molecule has 1 aliphatic carbocycles. The van der Waals surface area contributed by atoms with Crippen molar-refractivity contribution in [1.82, 2.24) is 10.6 Å². The maximum absolute atomic E-state index is 12.0.